The van der Waals surface area contributed by atoms with Crippen molar-refractivity contribution in [2.75, 3.05) is 20.3 Å². The number of ether oxygens (including phenoxy) is 2. The molecule has 110 valence electrons. The van der Waals surface area contributed by atoms with E-state index >= 15 is 0 Å². The summed E-state index contributed by atoms with van der Waals surface area (Å²) in [5.41, 5.74) is -0.196. The fourth-order valence-electron chi connectivity index (χ4n) is 1.87. The second-order valence-corrected chi connectivity index (χ2v) is 6.07. The Hall–Kier alpha value is -1.64. The molecule has 8 heteroatoms. The van der Waals surface area contributed by atoms with Crippen LogP contribution in [0.25, 0.3) is 0 Å². The fourth-order valence-corrected chi connectivity index (χ4v) is 3.15. The average Bonchev–Trinajstić information content (AvgIpc) is 2.90. The number of hydrogen-bond donors (Lipinski definition) is 2. The van der Waals surface area contributed by atoms with Crippen molar-refractivity contribution in [2.45, 2.75) is 17.4 Å². The highest BCUT2D eigenvalue weighted by atomic mass is 32.2. The number of sulfonamides is 1. The van der Waals surface area contributed by atoms with Gasteiger partial charge in [-0.1, -0.05) is 0 Å². The zero-order valence-electron chi connectivity index (χ0n) is 10.8. The fraction of sp³-hybridized carbons (Fsp3) is 0.417. The third kappa shape index (κ3) is 3.09. The van der Waals surface area contributed by atoms with Crippen LogP contribution in [0.3, 0.4) is 0 Å². The van der Waals surface area contributed by atoms with Gasteiger partial charge in [0.1, 0.15) is 11.3 Å². The van der Waals surface area contributed by atoms with Crippen molar-refractivity contribution >= 4 is 16.0 Å². The molecule has 0 radical (unpaired) electrons. The molecule has 7 nitrogen and oxygen atoms in total. The number of rotatable bonds is 4. The Bertz CT molecular complexity index is 606. The van der Waals surface area contributed by atoms with Crippen molar-refractivity contribution in [1.29, 1.82) is 0 Å². The van der Waals surface area contributed by atoms with Crippen molar-refractivity contribution in [3.05, 3.63) is 23.8 Å². The van der Waals surface area contributed by atoms with Crippen molar-refractivity contribution in [1.82, 2.24) is 4.72 Å². The van der Waals surface area contributed by atoms with Gasteiger partial charge in [-0.2, -0.15) is 0 Å². The summed E-state index contributed by atoms with van der Waals surface area (Å²) in [6, 6.07) is 3.17. The Balaban J connectivity index is 2.29. The summed E-state index contributed by atoms with van der Waals surface area (Å²) in [4.78, 5) is 11.3. The van der Waals surface area contributed by atoms with Crippen molar-refractivity contribution in [3.8, 4) is 5.75 Å². The lowest BCUT2D eigenvalue weighted by atomic mass is 10.2. The van der Waals surface area contributed by atoms with E-state index in [0.717, 1.165) is 19.2 Å². The summed E-state index contributed by atoms with van der Waals surface area (Å²) >= 11 is 0. The Kier molecular flexibility index (Phi) is 4.26. The quantitative estimate of drug-likeness (QED) is 0.773. The standard InChI is InChI=1S/C12H15NO6S/c1-18-12(15)10-6-9(2-3-11(10)14)20(16,17)13-8-4-5-19-7-8/h2-3,6,8,13-14H,4-5,7H2,1H3/t8-/m0/s1. The number of methoxy groups -OCH3 is 1. The first-order valence-electron chi connectivity index (χ1n) is 5.95. The highest BCUT2D eigenvalue weighted by Gasteiger charge is 2.25. The first kappa shape index (κ1) is 14.8. The van der Waals surface area contributed by atoms with Crippen LogP contribution in [0.1, 0.15) is 16.8 Å². The molecule has 0 amide bonds. The maximum absolute atomic E-state index is 12.2. The summed E-state index contributed by atoms with van der Waals surface area (Å²) in [6.07, 6.45) is 0.598. The molecular formula is C12H15NO6S. The van der Waals surface area contributed by atoms with E-state index in [9.17, 15) is 18.3 Å². The SMILES string of the molecule is COC(=O)c1cc(S(=O)(=O)N[C@H]2CCOC2)ccc1O. The van der Waals surface area contributed by atoms with Crippen LogP contribution < -0.4 is 4.72 Å². The topological polar surface area (TPSA) is 102 Å². The van der Waals surface area contributed by atoms with Crippen LogP contribution in [0.4, 0.5) is 0 Å². The number of aromatic hydroxyl groups is 1. The number of phenolic OH excluding ortho intramolecular Hbond substituents is 1. The molecule has 0 unspecified atom stereocenters. The van der Waals surface area contributed by atoms with E-state index in [-0.39, 0.29) is 22.3 Å². The largest absolute Gasteiger partial charge is 0.507 e. The maximum atomic E-state index is 12.2. The number of benzene rings is 1. The van der Waals surface area contributed by atoms with Gasteiger partial charge in [-0.3, -0.25) is 0 Å². The monoisotopic (exact) mass is 301 g/mol. The summed E-state index contributed by atoms with van der Waals surface area (Å²) in [5.74, 6) is -1.14. The van der Waals surface area contributed by atoms with Crippen LogP contribution in [0.2, 0.25) is 0 Å². The van der Waals surface area contributed by atoms with Gasteiger partial charge in [0.25, 0.3) is 0 Å². The molecule has 2 N–H and O–H groups in total. The van der Waals surface area contributed by atoms with E-state index in [4.69, 9.17) is 4.74 Å². The predicted octanol–water partition coefficient (Wildman–Crippen LogP) is 0.246. The normalized spacial score (nSPS) is 18.9. The molecule has 2 rings (SSSR count). The number of esters is 1. The molecule has 1 aromatic rings. The Morgan fingerprint density at radius 3 is 2.85 bits per heavy atom. The number of nitrogens with one attached hydrogen (secondary N) is 1. The molecule has 1 aliphatic rings. The van der Waals surface area contributed by atoms with Crippen LogP contribution in [-0.2, 0) is 19.5 Å². The van der Waals surface area contributed by atoms with Crippen LogP contribution in [0, 0.1) is 0 Å². The zero-order chi connectivity index (χ0) is 14.8. The van der Waals surface area contributed by atoms with Gasteiger partial charge in [0.05, 0.1) is 18.6 Å². The molecule has 20 heavy (non-hydrogen) atoms. The van der Waals surface area contributed by atoms with Crippen LogP contribution in [-0.4, -0.2) is 45.9 Å². The maximum Gasteiger partial charge on any atom is 0.341 e. The second kappa shape index (κ2) is 5.78. The first-order valence-corrected chi connectivity index (χ1v) is 7.44. The first-order chi connectivity index (χ1) is 9.44. The Morgan fingerprint density at radius 1 is 1.50 bits per heavy atom. The van der Waals surface area contributed by atoms with E-state index in [1.165, 1.54) is 6.07 Å². The molecular weight excluding hydrogens is 286 g/mol. The van der Waals surface area contributed by atoms with Gasteiger partial charge < -0.3 is 14.6 Å². The van der Waals surface area contributed by atoms with Gasteiger partial charge in [0, 0.05) is 12.6 Å². The molecule has 1 atom stereocenters. The summed E-state index contributed by atoms with van der Waals surface area (Å²) in [6.45, 7) is 0.831. The molecule has 0 aliphatic carbocycles. The van der Waals surface area contributed by atoms with Crippen LogP contribution >= 0.6 is 0 Å². The minimum Gasteiger partial charge on any atom is -0.507 e. The minimum atomic E-state index is -3.77. The van der Waals surface area contributed by atoms with E-state index in [1.54, 1.807) is 0 Å². The zero-order valence-corrected chi connectivity index (χ0v) is 11.6. The lowest BCUT2D eigenvalue weighted by Crippen LogP contribution is -2.35. The summed E-state index contributed by atoms with van der Waals surface area (Å²) in [7, 11) is -2.62. The van der Waals surface area contributed by atoms with Crippen molar-refractivity contribution in [2.24, 2.45) is 0 Å². The lowest BCUT2D eigenvalue weighted by Gasteiger charge is -2.12. The third-order valence-electron chi connectivity index (χ3n) is 2.94. The third-order valence-corrected chi connectivity index (χ3v) is 4.45. The number of hydrogen-bond acceptors (Lipinski definition) is 6. The van der Waals surface area contributed by atoms with Crippen molar-refractivity contribution < 1.29 is 27.8 Å². The van der Waals surface area contributed by atoms with E-state index in [2.05, 4.69) is 9.46 Å². The summed E-state index contributed by atoms with van der Waals surface area (Å²) < 4.78 is 36.4. The van der Waals surface area contributed by atoms with Gasteiger partial charge in [0.15, 0.2) is 0 Å². The lowest BCUT2D eigenvalue weighted by molar-refractivity contribution is 0.0597. The molecule has 1 saturated heterocycles. The molecule has 0 saturated carbocycles. The predicted molar refractivity (Wildman–Crippen MR) is 69.0 cm³/mol. The van der Waals surface area contributed by atoms with Gasteiger partial charge in [-0.05, 0) is 24.6 Å². The Labute approximate surface area is 116 Å². The molecule has 0 spiro atoms. The smallest absolute Gasteiger partial charge is 0.341 e. The van der Waals surface area contributed by atoms with Gasteiger partial charge in [0.2, 0.25) is 10.0 Å². The van der Waals surface area contributed by atoms with Crippen molar-refractivity contribution in [3.63, 3.8) is 0 Å². The minimum absolute atomic E-state index is 0.109. The second-order valence-electron chi connectivity index (χ2n) is 4.35. The van der Waals surface area contributed by atoms with E-state index < -0.39 is 16.0 Å². The molecule has 1 aromatic carbocycles. The molecule has 0 aromatic heterocycles. The molecule has 1 heterocycles. The molecule has 1 fully saturated rings. The molecule has 0 bridgehead atoms. The van der Waals surface area contributed by atoms with Crippen LogP contribution in [0.5, 0.6) is 5.75 Å². The van der Waals surface area contributed by atoms with Gasteiger partial charge in [-0.25, -0.2) is 17.9 Å². The van der Waals surface area contributed by atoms with E-state index in [1.807, 2.05) is 0 Å². The summed E-state index contributed by atoms with van der Waals surface area (Å²) in [5, 5.41) is 9.55. The van der Waals surface area contributed by atoms with Gasteiger partial charge >= 0.3 is 5.97 Å². The highest BCUT2D eigenvalue weighted by Crippen LogP contribution is 2.22. The number of carbonyl (C=O) groups excluding carboxylic acids is 1. The highest BCUT2D eigenvalue weighted by molar-refractivity contribution is 7.89. The Morgan fingerprint density at radius 2 is 2.25 bits per heavy atom. The van der Waals surface area contributed by atoms with Gasteiger partial charge in [-0.15, -0.1) is 0 Å². The number of carbonyl (C=O) groups is 1. The molecule has 1 aliphatic heterocycles. The van der Waals surface area contributed by atoms with E-state index in [0.29, 0.717) is 19.6 Å². The average molecular weight is 301 g/mol. The number of phenols is 1. The van der Waals surface area contributed by atoms with Crippen LogP contribution in [0.15, 0.2) is 23.1 Å².